The minimum absolute atomic E-state index is 0.0273. The molecule has 4 bridgehead atoms. The van der Waals surface area contributed by atoms with Gasteiger partial charge in [-0.05, 0) is 86.0 Å². The van der Waals surface area contributed by atoms with Crippen LogP contribution in [0, 0.1) is 23.2 Å². The standard InChI is InChI=1S/C26H30N2O3/c1-31-23-9-5-4-8-22(23)28-25(30)20-6-2-3-7-21(20)27-24(29)16-26-13-17-10-18(14-26)12-19(11-17)15-26/h2-9,17-19H,10-16H2,1H3,(H,27,29)(H,28,30). The van der Waals surface area contributed by atoms with E-state index in [0.717, 1.165) is 17.8 Å². The molecule has 0 aliphatic heterocycles. The summed E-state index contributed by atoms with van der Waals surface area (Å²) in [4.78, 5) is 26.0. The van der Waals surface area contributed by atoms with E-state index in [-0.39, 0.29) is 17.2 Å². The van der Waals surface area contributed by atoms with E-state index in [9.17, 15) is 9.59 Å². The van der Waals surface area contributed by atoms with Crippen molar-refractivity contribution in [3.8, 4) is 5.75 Å². The van der Waals surface area contributed by atoms with Crippen molar-refractivity contribution in [2.24, 2.45) is 23.2 Å². The predicted octanol–water partition coefficient (Wildman–Crippen LogP) is 5.49. The van der Waals surface area contributed by atoms with Crippen LogP contribution in [0.4, 0.5) is 11.4 Å². The molecule has 162 valence electrons. The predicted molar refractivity (Wildman–Crippen MR) is 121 cm³/mol. The first-order valence-corrected chi connectivity index (χ1v) is 11.4. The Morgan fingerprint density at radius 2 is 1.45 bits per heavy atom. The van der Waals surface area contributed by atoms with E-state index in [1.165, 1.54) is 38.5 Å². The third-order valence-electron chi connectivity index (χ3n) is 7.50. The summed E-state index contributed by atoms with van der Waals surface area (Å²) in [6.45, 7) is 0. The number of rotatable bonds is 6. The molecule has 2 aromatic carbocycles. The fourth-order valence-corrected chi connectivity index (χ4v) is 6.77. The van der Waals surface area contributed by atoms with E-state index >= 15 is 0 Å². The Morgan fingerprint density at radius 3 is 2.10 bits per heavy atom. The minimum Gasteiger partial charge on any atom is -0.495 e. The second-order valence-electron chi connectivity index (χ2n) is 9.84. The molecular weight excluding hydrogens is 388 g/mol. The van der Waals surface area contributed by atoms with Gasteiger partial charge in [0.15, 0.2) is 0 Å². The molecular formula is C26H30N2O3. The van der Waals surface area contributed by atoms with Crippen LogP contribution in [0.2, 0.25) is 0 Å². The van der Waals surface area contributed by atoms with E-state index < -0.39 is 0 Å². The highest BCUT2D eigenvalue weighted by molar-refractivity contribution is 6.10. The summed E-state index contributed by atoms with van der Waals surface area (Å²) in [7, 11) is 1.57. The molecule has 4 aliphatic carbocycles. The highest BCUT2D eigenvalue weighted by Crippen LogP contribution is 2.61. The molecule has 31 heavy (non-hydrogen) atoms. The lowest BCUT2D eigenvalue weighted by molar-refractivity contribution is -0.124. The van der Waals surface area contributed by atoms with E-state index in [0.29, 0.717) is 29.1 Å². The van der Waals surface area contributed by atoms with Gasteiger partial charge in [-0.3, -0.25) is 9.59 Å². The van der Waals surface area contributed by atoms with E-state index in [4.69, 9.17) is 4.74 Å². The van der Waals surface area contributed by atoms with Crippen molar-refractivity contribution >= 4 is 23.2 Å². The van der Waals surface area contributed by atoms with Crippen LogP contribution in [0.25, 0.3) is 0 Å². The molecule has 2 amide bonds. The SMILES string of the molecule is COc1ccccc1NC(=O)c1ccccc1NC(=O)CC12CC3CC(CC(C3)C1)C2. The zero-order chi connectivity index (χ0) is 21.4. The molecule has 4 fully saturated rings. The van der Waals surface area contributed by atoms with E-state index in [1.807, 2.05) is 24.3 Å². The van der Waals surface area contributed by atoms with Crippen molar-refractivity contribution in [2.45, 2.75) is 44.9 Å². The Balaban J connectivity index is 1.29. The number of nitrogens with one attached hydrogen (secondary N) is 2. The van der Waals surface area contributed by atoms with E-state index in [1.54, 1.807) is 31.4 Å². The molecule has 0 radical (unpaired) electrons. The number of hydrogen-bond acceptors (Lipinski definition) is 3. The quantitative estimate of drug-likeness (QED) is 0.652. The average molecular weight is 419 g/mol. The summed E-state index contributed by atoms with van der Waals surface area (Å²) in [5, 5.41) is 5.95. The zero-order valence-corrected chi connectivity index (χ0v) is 18.0. The van der Waals surface area contributed by atoms with Gasteiger partial charge in [0.05, 0.1) is 24.0 Å². The van der Waals surface area contributed by atoms with Gasteiger partial charge >= 0.3 is 0 Å². The van der Waals surface area contributed by atoms with Crippen LogP contribution in [-0.4, -0.2) is 18.9 Å². The topological polar surface area (TPSA) is 67.4 Å². The molecule has 2 aromatic rings. The molecule has 4 saturated carbocycles. The number of carbonyl (C=O) groups is 2. The van der Waals surface area contributed by atoms with Gasteiger partial charge in [0.25, 0.3) is 5.91 Å². The Labute approximate surface area is 183 Å². The number of amides is 2. The summed E-state index contributed by atoms with van der Waals surface area (Å²) < 4.78 is 5.33. The summed E-state index contributed by atoms with van der Waals surface area (Å²) >= 11 is 0. The summed E-state index contributed by atoms with van der Waals surface area (Å²) in [5.74, 6) is 2.81. The van der Waals surface area contributed by atoms with Gasteiger partial charge in [-0.15, -0.1) is 0 Å². The van der Waals surface area contributed by atoms with Crippen LogP contribution in [0.3, 0.4) is 0 Å². The molecule has 5 heteroatoms. The van der Waals surface area contributed by atoms with Crippen molar-refractivity contribution in [1.29, 1.82) is 0 Å². The maximum atomic E-state index is 13.1. The lowest BCUT2D eigenvalue weighted by atomic mass is 9.49. The largest absolute Gasteiger partial charge is 0.495 e. The normalized spacial score (nSPS) is 28.2. The van der Waals surface area contributed by atoms with E-state index in [2.05, 4.69) is 10.6 Å². The van der Waals surface area contributed by atoms with Gasteiger partial charge in [0.2, 0.25) is 5.91 Å². The maximum absolute atomic E-state index is 13.1. The second kappa shape index (κ2) is 8.03. The Hall–Kier alpha value is -2.82. The van der Waals surface area contributed by atoms with Crippen molar-refractivity contribution in [3.63, 3.8) is 0 Å². The number of carbonyl (C=O) groups excluding carboxylic acids is 2. The van der Waals surface area contributed by atoms with Gasteiger partial charge in [0, 0.05) is 6.42 Å². The summed E-state index contributed by atoms with van der Waals surface area (Å²) in [5.41, 5.74) is 1.79. The second-order valence-corrected chi connectivity index (χ2v) is 9.84. The first-order valence-electron chi connectivity index (χ1n) is 11.4. The third kappa shape index (κ3) is 4.06. The molecule has 0 heterocycles. The molecule has 0 unspecified atom stereocenters. The van der Waals surface area contributed by atoms with Gasteiger partial charge in [-0.1, -0.05) is 24.3 Å². The molecule has 0 spiro atoms. The van der Waals surface area contributed by atoms with Gasteiger partial charge in [0.1, 0.15) is 5.75 Å². The van der Waals surface area contributed by atoms with Crippen molar-refractivity contribution in [3.05, 3.63) is 54.1 Å². The number of para-hydroxylation sites is 3. The molecule has 2 N–H and O–H groups in total. The molecule has 4 aliphatic rings. The lowest BCUT2D eigenvalue weighted by Crippen LogP contribution is -2.47. The fourth-order valence-electron chi connectivity index (χ4n) is 6.77. The van der Waals surface area contributed by atoms with Crippen molar-refractivity contribution < 1.29 is 14.3 Å². The molecule has 6 rings (SSSR count). The highest BCUT2D eigenvalue weighted by Gasteiger charge is 2.51. The van der Waals surface area contributed by atoms with Crippen LogP contribution in [0.1, 0.15) is 55.3 Å². The van der Waals surface area contributed by atoms with Gasteiger partial charge < -0.3 is 15.4 Å². The van der Waals surface area contributed by atoms with Gasteiger partial charge in [-0.25, -0.2) is 0 Å². The maximum Gasteiger partial charge on any atom is 0.257 e. The molecule has 5 nitrogen and oxygen atoms in total. The fraction of sp³-hybridized carbons (Fsp3) is 0.462. The summed E-state index contributed by atoms with van der Waals surface area (Å²) in [6.07, 6.45) is 8.26. The van der Waals surface area contributed by atoms with Crippen LogP contribution < -0.4 is 15.4 Å². The zero-order valence-electron chi connectivity index (χ0n) is 18.0. The smallest absolute Gasteiger partial charge is 0.257 e. The first-order chi connectivity index (χ1) is 15.0. The number of ether oxygens (including phenoxy) is 1. The Morgan fingerprint density at radius 1 is 0.871 bits per heavy atom. The van der Waals surface area contributed by atoms with Gasteiger partial charge in [-0.2, -0.15) is 0 Å². The number of hydrogen-bond donors (Lipinski definition) is 2. The molecule has 0 saturated heterocycles. The number of benzene rings is 2. The summed E-state index contributed by atoms with van der Waals surface area (Å²) in [6, 6.07) is 14.5. The molecule has 0 aromatic heterocycles. The minimum atomic E-state index is -0.268. The van der Waals surface area contributed by atoms with Crippen LogP contribution in [-0.2, 0) is 4.79 Å². The van der Waals surface area contributed by atoms with Crippen LogP contribution >= 0.6 is 0 Å². The van der Waals surface area contributed by atoms with Crippen LogP contribution in [0.5, 0.6) is 5.75 Å². The monoisotopic (exact) mass is 418 g/mol. The lowest BCUT2D eigenvalue weighted by Gasteiger charge is -2.56. The highest BCUT2D eigenvalue weighted by atomic mass is 16.5. The number of methoxy groups -OCH3 is 1. The van der Waals surface area contributed by atoms with Crippen molar-refractivity contribution in [2.75, 3.05) is 17.7 Å². The Kier molecular flexibility index (Phi) is 5.20. The Bertz CT molecular complexity index is 964. The average Bonchev–Trinajstić information content (AvgIpc) is 2.73. The first kappa shape index (κ1) is 20.1. The van der Waals surface area contributed by atoms with Crippen molar-refractivity contribution in [1.82, 2.24) is 0 Å². The molecule has 0 atom stereocenters. The third-order valence-corrected chi connectivity index (χ3v) is 7.50. The number of anilines is 2. The van der Waals surface area contributed by atoms with Crippen LogP contribution in [0.15, 0.2) is 48.5 Å².